The van der Waals surface area contributed by atoms with Gasteiger partial charge in [-0.2, -0.15) is 0 Å². The van der Waals surface area contributed by atoms with Crippen molar-refractivity contribution in [2.45, 2.75) is 6.92 Å². The van der Waals surface area contributed by atoms with E-state index in [9.17, 15) is 0 Å². The number of nitrogens with two attached hydrogens (primary N) is 1. The molecule has 0 bridgehead atoms. The Labute approximate surface area is 59.7 Å². The number of nitrogens with one attached hydrogen (secondary N) is 2. The molecular formula is C6H11N3O. The van der Waals surface area contributed by atoms with Gasteiger partial charge in [0.25, 0.3) is 0 Å². The van der Waals surface area contributed by atoms with E-state index in [1.165, 1.54) is 0 Å². The Kier molecular flexibility index (Phi) is 2.04. The predicted molar refractivity (Wildman–Crippen MR) is 38.3 cm³/mol. The number of ether oxygens (including phenoxy) is 1. The molecule has 4 heteroatoms. The third kappa shape index (κ3) is 1.58. The number of hydrogen-bond donors (Lipinski definition) is 3. The summed E-state index contributed by atoms with van der Waals surface area (Å²) in [5.74, 6) is 1.31. The third-order valence-corrected chi connectivity index (χ3v) is 1.04. The van der Waals surface area contributed by atoms with Crippen LogP contribution in [0.1, 0.15) is 6.92 Å². The van der Waals surface area contributed by atoms with E-state index in [4.69, 9.17) is 10.5 Å². The second-order valence-electron chi connectivity index (χ2n) is 1.85. The molecule has 0 radical (unpaired) electrons. The first-order chi connectivity index (χ1) is 4.83. The lowest BCUT2D eigenvalue weighted by Crippen LogP contribution is -2.33. The minimum Gasteiger partial charge on any atom is -0.492 e. The van der Waals surface area contributed by atoms with Crippen LogP contribution >= 0.6 is 0 Å². The first-order valence-electron chi connectivity index (χ1n) is 3.14. The topological polar surface area (TPSA) is 59.3 Å². The van der Waals surface area contributed by atoms with Crippen LogP contribution in [-0.4, -0.2) is 6.61 Å². The van der Waals surface area contributed by atoms with Crippen molar-refractivity contribution in [3.8, 4) is 0 Å². The molecule has 56 valence electrons. The summed E-state index contributed by atoms with van der Waals surface area (Å²) in [7, 11) is 0. The van der Waals surface area contributed by atoms with Gasteiger partial charge in [0.2, 0.25) is 0 Å². The molecule has 0 aliphatic carbocycles. The summed E-state index contributed by atoms with van der Waals surface area (Å²) in [6.45, 7) is 2.57. The lowest BCUT2D eigenvalue weighted by Gasteiger charge is -2.13. The summed E-state index contributed by atoms with van der Waals surface area (Å²) in [6, 6.07) is 0. The molecule has 0 atom stereocenters. The van der Waals surface area contributed by atoms with Crippen molar-refractivity contribution in [1.29, 1.82) is 0 Å². The predicted octanol–water partition coefficient (Wildman–Crippen LogP) is -0.228. The molecule has 0 aromatic rings. The van der Waals surface area contributed by atoms with E-state index in [-0.39, 0.29) is 0 Å². The molecule has 0 aromatic carbocycles. The average Bonchev–Trinajstić information content (AvgIpc) is 1.88. The van der Waals surface area contributed by atoms with Crippen molar-refractivity contribution in [2.75, 3.05) is 6.61 Å². The van der Waals surface area contributed by atoms with Crippen molar-refractivity contribution < 1.29 is 4.74 Å². The smallest absolute Gasteiger partial charge is 0.140 e. The van der Waals surface area contributed by atoms with Gasteiger partial charge in [-0.3, -0.25) is 5.43 Å². The van der Waals surface area contributed by atoms with Gasteiger partial charge in [0.05, 0.1) is 12.8 Å². The molecule has 0 saturated heterocycles. The van der Waals surface area contributed by atoms with Crippen LogP contribution in [0.5, 0.6) is 0 Å². The average molecular weight is 141 g/mol. The van der Waals surface area contributed by atoms with Gasteiger partial charge in [-0.1, -0.05) is 0 Å². The minimum atomic E-state index is 0.561. The number of hydrogen-bond acceptors (Lipinski definition) is 4. The number of allylic oxidation sites excluding steroid dienone is 1. The fraction of sp³-hybridized carbons (Fsp3) is 0.333. The van der Waals surface area contributed by atoms with Gasteiger partial charge in [-0.25, -0.2) is 0 Å². The van der Waals surface area contributed by atoms with E-state index >= 15 is 0 Å². The van der Waals surface area contributed by atoms with Crippen LogP contribution in [0.25, 0.3) is 0 Å². The van der Waals surface area contributed by atoms with Gasteiger partial charge in [-0.15, -0.1) is 0 Å². The summed E-state index contributed by atoms with van der Waals surface area (Å²) < 4.78 is 5.16. The Morgan fingerprint density at radius 2 is 2.50 bits per heavy atom. The molecule has 0 aromatic heterocycles. The monoisotopic (exact) mass is 141 g/mol. The SMILES string of the molecule is CCOC1=CNNC(N)=C1. The maximum absolute atomic E-state index is 5.42. The molecule has 0 saturated carbocycles. The van der Waals surface area contributed by atoms with E-state index in [0.29, 0.717) is 12.4 Å². The van der Waals surface area contributed by atoms with Crippen molar-refractivity contribution in [2.24, 2.45) is 5.73 Å². The zero-order chi connectivity index (χ0) is 7.40. The van der Waals surface area contributed by atoms with Gasteiger partial charge < -0.3 is 15.9 Å². The van der Waals surface area contributed by atoms with Gasteiger partial charge in [0.1, 0.15) is 11.6 Å². The van der Waals surface area contributed by atoms with Crippen molar-refractivity contribution in [1.82, 2.24) is 10.9 Å². The van der Waals surface area contributed by atoms with Gasteiger partial charge in [0, 0.05) is 6.08 Å². The van der Waals surface area contributed by atoms with E-state index in [1.54, 1.807) is 12.3 Å². The number of hydrazine groups is 1. The fourth-order valence-corrected chi connectivity index (χ4v) is 0.672. The summed E-state index contributed by atoms with van der Waals surface area (Å²) in [4.78, 5) is 0. The highest BCUT2D eigenvalue weighted by molar-refractivity contribution is 5.18. The van der Waals surface area contributed by atoms with E-state index in [1.807, 2.05) is 6.92 Å². The van der Waals surface area contributed by atoms with E-state index in [0.717, 1.165) is 5.76 Å². The molecule has 1 heterocycles. The van der Waals surface area contributed by atoms with Gasteiger partial charge >= 0.3 is 0 Å². The van der Waals surface area contributed by atoms with Crippen molar-refractivity contribution in [3.05, 3.63) is 23.9 Å². The molecule has 0 spiro atoms. The Balaban J connectivity index is 2.51. The zero-order valence-electron chi connectivity index (χ0n) is 5.85. The van der Waals surface area contributed by atoms with Crippen molar-refractivity contribution >= 4 is 0 Å². The largest absolute Gasteiger partial charge is 0.492 e. The summed E-state index contributed by atoms with van der Waals surface area (Å²) in [5, 5.41) is 0. The molecule has 4 nitrogen and oxygen atoms in total. The van der Waals surface area contributed by atoms with Crippen LogP contribution in [0, 0.1) is 0 Å². The molecule has 1 rings (SSSR count). The van der Waals surface area contributed by atoms with Crippen LogP contribution in [0.2, 0.25) is 0 Å². The van der Waals surface area contributed by atoms with E-state index in [2.05, 4.69) is 10.9 Å². The molecule has 1 aliphatic rings. The fourth-order valence-electron chi connectivity index (χ4n) is 0.672. The van der Waals surface area contributed by atoms with Crippen LogP contribution in [-0.2, 0) is 4.74 Å². The highest BCUT2D eigenvalue weighted by Gasteiger charge is 1.99. The highest BCUT2D eigenvalue weighted by Crippen LogP contribution is 2.00. The second kappa shape index (κ2) is 3.00. The Morgan fingerprint density at radius 1 is 1.70 bits per heavy atom. The first kappa shape index (κ1) is 6.80. The molecule has 4 N–H and O–H groups in total. The van der Waals surface area contributed by atoms with Crippen LogP contribution < -0.4 is 16.6 Å². The van der Waals surface area contributed by atoms with Crippen LogP contribution in [0.15, 0.2) is 23.9 Å². The first-order valence-corrected chi connectivity index (χ1v) is 3.14. The standard InChI is InChI=1S/C6H11N3O/c1-2-10-5-3-6(7)9-8-4-5/h3-4,8-9H,2,7H2,1H3. The Hall–Kier alpha value is -1.32. The molecule has 0 fully saturated rings. The maximum Gasteiger partial charge on any atom is 0.140 e. The van der Waals surface area contributed by atoms with Crippen molar-refractivity contribution in [3.63, 3.8) is 0 Å². The maximum atomic E-state index is 5.42. The van der Waals surface area contributed by atoms with Crippen LogP contribution in [0.3, 0.4) is 0 Å². The summed E-state index contributed by atoms with van der Waals surface area (Å²) >= 11 is 0. The minimum absolute atomic E-state index is 0.561. The van der Waals surface area contributed by atoms with Gasteiger partial charge in [-0.05, 0) is 6.92 Å². The molecule has 1 aliphatic heterocycles. The Morgan fingerprint density at radius 3 is 3.10 bits per heavy atom. The quantitative estimate of drug-likeness (QED) is 0.497. The molecule has 0 unspecified atom stereocenters. The molecule has 0 amide bonds. The Bertz CT molecular complexity index is 174. The second-order valence-corrected chi connectivity index (χ2v) is 1.85. The lowest BCUT2D eigenvalue weighted by molar-refractivity contribution is 0.237. The number of rotatable bonds is 2. The third-order valence-electron chi connectivity index (χ3n) is 1.04. The van der Waals surface area contributed by atoms with E-state index < -0.39 is 0 Å². The molecular weight excluding hydrogens is 130 g/mol. The van der Waals surface area contributed by atoms with Gasteiger partial charge in [0.15, 0.2) is 0 Å². The normalized spacial score (nSPS) is 16.1. The summed E-state index contributed by atoms with van der Waals surface area (Å²) in [5.41, 5.74) is 10.9. The summed E-state index contributed by atoms with van der Waals surface area (Å²) in [6.07, 6.45) is 3.43. The van der Waals surface area contributed by atoms with Crippen LogP contribution in [0.4, 0.5) is 0 Å². The zero-order valence-corrected chi connectivity index (χ0v) is 5.85. The molecule has 10 heavy (non-hydrogen) atoms. The highest BCUT2D eigenvalue weighted by atomic mass is 16.5. The lowest BCUT2D eigenvalue weighted by atomic mass is 10.4.